The second-order valence-electron chi connectivity index (χ2n) is 4.18. The summed E-state index contributed by atoms with van der Waals surface area (Å²) in [6.07, 6.45) is 5.08. The minimum Gasteiger partial charge on any atom is -0.389 e. The number of rotatable bonds is 13. The Labute approximate surface area is 117 Å². The minimum absolute atomic E-state index is 0.318. The summed E-state index contributed by atoms with van der Waals surface area (Å²) in [6.45, 7) is 9.40. The maximum Gasteiger partial charge on any atom is 0.474 e. The van der Waals surface area contributed by atoms with E-state index in [2.05, 4.69) is 18.8 Å². The van der Waals surface area contributed by atoms with Crippen LogP contribution in [0.1, 0.15) is 46.0 Å². The molecule has 6 heteroatoms. The lowest BCUT2D eigenvalue weighted by molar-refractivity contribution is 0.134. The van der Waals surface area contributed by atoms with Crippen LogP contribution in [0, 0.1) is 0 Å². The Morgan fingerprint density at radius 1 is 1.16 bits per heavy atom. The molecular weight excluding hydrogens is 265 g/mol. The third-order valence-electron chi connectivity index (χ3n) is 2.63. The molecule has 0 bridgehead atoms. The predicted octanol–water partition coefficient (Wildman–Crippen LogP) is 3.87. The van der Waals surface area contributed by atoms with Crippen molar-refractivity contribution in [3.05, 3.63) is 12.3 Å². The molecule has 0 aliphatic rings. The van der Waals surface area contributed by atoms with Crippen LogP contribution in [0.2, 0.25) is 0 Å². The molecule has 114 valence electrons. The van der Waals surface area contributed by atoms with E-state index in [0.717, 1.165) is 44.3 Å². The van der Waals surface area contributed by atoms with E-state index in [1.54, 1.807) is 6.92 Å². The molecule has 0 aliphatic carbocycles. The van der Waals surface area contributed by atoms with E-state index < -0.39 is 7.82 Å². The summed E-state index contributed by atoms with van der Waals surface area (Å²) < 4.78 is 26.6. The van der Waals surface area contributed by atoms with Crippen molar-refractivity contribution in [2.24, 2.45) is 0 Å². The lowest BCUT2D eigenvalue weighted by atomic mass is 10.2. The number of unbranched alkanes of at least 4 members (excludes halogenated alkanes) is 3. The highest BCUT2D eigenvalue weighted by atomic mass is 31.2. The van der Waals surface area contributed by atoms with Gasteiger partial charge in [0, 0.05) is 19.4 Å². The highest BCUT2D eigenvalue weighted by Gasteiger charge is 2.23. The molecule has 0 saturated heterocycles. The third kappa shape index (κ3) is 10.1. The third-order valence-corrected chi connectivity index (χ3v) is 4.15. The number of hydrogen-bond donors (Lipinski definition) is 1. The summed E-state index contributed by atoms with van der Waals surface area (Å²) in [4.78, 5) is 0. The second kappa shape index (κ2) is 11.5. The highest BCUT2D eigenvalue weighted by molar-refractivity contribution is 7.48. The van der Waals surface area contributed by atoms with Crippen molar-refractivity contribution in [3.63, 3.8) is 0 Å². The molecule has 0 aromatic heterocycles. The Hall–Kier alpha value is -0.350. The Balaban J connectivity index is 3.44. The maximum absolute atomic E-state index is 11.7. The molecule has 0 aromatic rings. The first-order valence-electron chi connectivity index (χ1n) is 6.94. The van der Waals surface area contributed by atoms with E-state index in [-0.39, 0.29) is 0 Å². The van der Waals surface area contributed by atoms with Crippen LogP contribution >= 0.6 is 7.82 Å². The molecular formula is C13H28NO4P. The van der Waals surface area contributed by atoms with Gasteiger partial charge in [-0.05, 0) is 26.2 Å². The molecule has 0 aliphatic heterocycles. The predicted molar refractivity (Wildman–Crippen MR) is 78.1 cm³/mol. The van der Waals surface area contributed by atoms with Crippen LogP contribution in [-0.2, 0) is 18.1 Å². The molecule has 0 rings (SSSR count). The van der Waals surface area contributed by atoms with Crippen LogP contribution in [-0.4, -0.2) is 26.9 Å². The van der Waals surface area contributed by atoms with Crippen molar-refractivity contribution < 1.29 is 18.1 Å². The normalized spacial score (nSPS) is 14.1. The largest absolute Gasteiger partial charge is 0.474 e. The average molecular weight is 293 g/mol. The molecule has 5 nitrogen and oxygen atoms in total. The summed E-state index contributed by atoms with van der Waals surface area (Å²) in [5, 5.41) is 3.26. The molecule has 1 atom stereocenters. The van der Waals surface area contributed by atoms with E-state index in [1.165, 1.54) is 7.11 Å². The van der Waals surface area contributed by atoms with Crippen LogP contribution in [0.3, 0.4) is 0 Å². The fraction of sp³-hybridized carbons (Fsp3) is 0.846. The molecule has 0 radical (unpaired) electrons. The molecule has 0 aromatic carbocycles. The summed E-state index contributed by atoms with van der Waals surface area (Å²) in [7, 11) is -1.97. The van der Waals surface area contributed by atoms with Crippen molar-refractivity contribution in [2.45, 2.75) is 46.0 Å². The van der Waals surface area contributed by atoms with Crippen LogP contribution in [0.25, 0.3) is 0 Å². The smallest absolute Gasteiger partial charge is 0.389 e. The minimum atomic E-state index is -3.30. The lowest BCUT2D eigenvalue weighted by Gasteiger charge is -2.14. The number of phosphoric acid groups is 1. The maximum atomic E-state index is 11.7. The van der Waals surface area contributed by atoms with Gasteiger partial charge in [0.25, 0.3) is 0 Å². The van der Waals surface area contributed by atoms with Crippen LogP contribution in [0.15, 0.2) is 12.3 Å². The topological polar surface area (TPSA) is 56.8 Å². The van der Waals surface area contributed by atoms with Crippen LogP contribution in [0.5, 0.6) is 0 Å². The zero-order chi connectivity index (χ0) is 14.6. The summed E-state index contributed by atoms with van der Waals surface area (Å²) in [6, 6.07) is 0. The Bertz CT molecular complexity index is 284. The Kier molecular flexibility index (Phi) is 11.3. The quantitative estimate of drug-likeness (QED) is 0.412. The van der Waals surface area contributed by atoms with Crippen LogP contribution in [0.4, 0.5) is 0 Å². The Morgan fingerprint density at radius 3 is 2.42 bits per heavy atom. The van der Waals surface area contributed by atoms with Crippen molar-refractivity contribution >= 4 is 7.82 Å². The number of nitrogens with one attached hydrogen (secondary N) is 1. The first kappa shape index (κ1) is 18.7. The van der Waals surface area contributed by atoms with Gasteiger partial charge in [-0.1, -0.05) is 26.3 Å². The number of allylic oxidation sites excluding steroid dienone is 1. The van der Waals surface area contributed by atoms with Crippen molar-refractivity contribution in [3.8, 4) is 0 Å². The standard InChI is InChI=1S/C13H28NO4P/c1-5-13(3)14-11-9-7-8-10-12-18-19(15,16-4)17-6-2/h14H,3,5-12H2,1-2,4H3. The molecule has 0 amide bonds. The number of hydrogen-bond acceptors (Lipinski definition) is 5. The van der Waals surface area contributed by atoms with Gasteiger partial charge in [0.05, 0.1) is 13.2 Å². The molecule has 0 saturated carbocycles. The molecule has 19 heavy (non-hydrogen) atoms. The molecule has 0 spiro atoms. The van der Waals surface area contributed by atoms with Gasteiger partial charge in [-0.25, -0.2) is 4.57 Å². The van der Waals surface area contributed by atoms with Crippen LogP contribution < -0.4 is 5.32 Å². The van der Waals surface area contributed by atoms with Crippen molar-refractivity contribution in [1.29, 1.82) is 0 Å². The fourth-order valence-corrected chi connectivity index (χ4v) is 2.40. The molecule has 1 N–H and O–H groups in total. The first-order chi connectivity index (χ1) is 9.08. The molecule has 1 unspecified atom stereocenters. The van der Waals surface area contributed by atoms with Gasteiger partial charge in [-0.2, -0.15) is 0 Å². The molecule has 0 fully saturated rings. The molecule has 0 heterocycles. The van der Waals surface area contributed by atoms with Gasteiger partial charge in [0.15, 0.2) is 0 Å². The van der Waals surface area contributed by atoms with Gasteiger partial charge >= 0.3 is 7.82 Å². The van der Waals surface area contributed by atoms with Gasteiger partial charge in [0.2, 0.25) is 0 Å². The summed E-state index contributed by atoms with van der Waals surface area (Å²) >= 11 is 0. The highest BCUT2D eigenvalue weighted by Crippen LogP contribution is 2.48. The summed E-state index contributed by atoms with van der Waals surface area (Å²) in [5.41, 5.74) is 1.08. The lowest BCUT2D eigenvalue weighted by Crippen LogP contribution is -2.13. The Morgan fingerprint density at radius 2 is 1.84 bits per heavy atom. The van der Waals surface area contributed by atoms with Gasteiger partial charge in [-0.3, -0.25) is 13.6 Å². The second-order valence-corrected chi connectivity index (χ2v) is 5.95. The summed E-state index contributed by atoms with van der Waals surface area (Å²) in [5.74, 6) is 0. The fourth-order valence-electron chi connectivity index (χ4n) is 1.45. The van der Waals surface area contributed by atoms with Gasteiger partial charge in [0.1, 0.15) is 0 Å². The van der Waals surface area contributed by atoms with E-state index in [1.807, 2.05) is 0 Å². The van der Waals surface area contributed by atoms with Crippen molar-refractivity contribution in [2.75, 3.05) is 26.9 Å². The monoisotopic (exact) mass is 293 g/mol. The average Bonchev–Trinajstić information content (AvgIpc) is 2.41. The van der Waals surface area contributed by atoms with E-state index in [0.29, 0.717) is 13.2 Å². The van der Waals surface area contributed by atoms with E-state index >= 15 is 0 Å². The van der Waals surface area contributed by atoms with Gasteiger partial charge in [-0.15, -0.1) is 0 Å². The van der Waals surface area contributed by atoms with Gasteiger partial charge < -0.3 is 5.32 Å². The number of phosphoric ester groups is 1. The zero-order valence-electron chi connectivity index (χ0n) is 12.4. The zero-order valence-corrected chi connectivity index (χ0v) is 13.3. The SMILES string of the molecule is C=C(CC)NCCCCCCOP(=O)(OC)OCC. The van der Waals surface area contributed by atoms with E-state index in [4.69, 9.17) is 13.6 Å². The van der Waals surface area contributed by atoms with E-state index in [9.17, 15) is 4.57 Å². The van der Waals surface area contributed by atoms with Crippen molar-refractivity contribution in [1.82, 2.24) is 5.32 Å². The first-order valence-corrected chi connectivity index (χ1v) is 8.40.